The van der Waals surface area contributed by atoms with Crippen LogP contribution in [-0.2, 0) is 0 Å². The Kier molecular flexibility index (Phi) is 2.86. The van der Waals surface area contributed by atoms with Crippen LogP contribution in [-0.4, -0.2) is 23.3 Å². The minimum Gasteiger partial charge on any atom is -0.491 e. The maximum atomic E-state index is 8.46. The van der Waals surface area contributed by atoms with Gasteiger partial charge in [0.1, 0.15) is 12.4 Å². The molecule has 1 N–H and O–H groups in total. The van der Waals surface area contributed by atoms with E-state index in [0.717, 1.165) is 11.4 Å². The highest BCUT2D eigenvalue weighted by molar-refractivity contribution is 5.21. The van der Waals surface area contributed by atoms with E-state index in [-0.39, 0.29) is 6.61 Å². The molecule has 0 fully saturated rings. The van der Waals surface area contributed by atoms with E-state index < -0.39 is 0 Å². The van der Waals surface area contributed by atoms with Crippen molar-refractivity contribution in [2.24, 2.45) is 0 Å². The van der Waals surface area contributed by atoms with E-state index in [2.05, 4.69) is 4.98 Å². The third kappa shape index (κ3) is 2.55. The van der Waals surface area contributed by atoms with E-state index in [9.17, 15) is 0 Å². The van der Waals surface area contributed by atoms with Gasteiger partial charge in [0.05, 0.1) is 6.61 Å². The van der Waals surface area contributed by atoms with Crippen LogP contribution >= 0.6 is 0 Å². The normalized spacial score (nSPS) is 9.64. The predicted octanol–water partition coefficient (Wildman–Crippen LogP) is 0.761. The summed E-state index contributed by atoms with van der Waals surface area (Å²) in [6.07, 6.45) is 1.68. The highest BCUT2D eigenvalue weighted by atomic mass is 16.5. The van der Waals surface area contributed by atoms with Gasteiger partial charge in [0, 0.05) is 18.0 Å². The lowest BCUT2D eigenvalue weighted by Gasteiger charge is -2.02. The van der Waals surface area contributed by atoms with Crippen molar-refractivity contribution in [1.82, 2.24) is 4.98 Å². The zero-order chi connectivity index (χ0) is 8.10. The highest BCUT2D eigenvalue weighted by Crippen LogP contribution is 2.09. The Balaban J connectivity index is 2.56. The summed E-state index contributed by atoms with van der Waals surface area (Å²) in [5.41, 5.74) is 0.917. The Morgan fingerprint density at radius 3 is 3.09 bits per heavy atom. The van der Waals surface area contributed by atoms with Gasteiger partial charge in [-0.3, -0.25) is 4.98 Å². The quantitative estimate of drug-likeness (QED) is 0.697. The fourth-order valence-electron chi connectivity index (χ4n) is 0.773. The summed E-state index contributed by atoms with van der Waals surface area (Å²) in [6, 6.07) is 3.60. The molecule has 0 spiro atoms. The molecule has 0 atom stereocenters. The maximum absolute atomic E-state index is 8.46. The van der Waals surface area contributed by atoms with Gasteiger partial charge in [-0.05, 0) is 13.0 Å². The number of aliphatic hydroxyl groups excluding tert-OH is 1. The number of hydrogen-bond donors (Lipinski definition) is 1. The molecule has 3 heteroatoms. The van der Waals surface area contributed by atoms with Crippen LogP contribution in [0.2, 0.25) is 0 Å². The highest BCUT2D eigenvalue weighted by Gasteiger charge is 1.92. The van der Waals surface area contributed by atoms with Gasteiger partial charge in [-0.1, -0.05) is 0 Å². The molecule has 0 bridgehead atoms. The third-order valence-electron chi connectivity index (χ3n) is 1.23. The van der Waals surface area contributed by atoms with Crippen molar-refractivity contribution in [3.05, 3.63) is 24.0 Å². The van der Waals surface area contributed by atoms with Crippen molar-refractivity contribution < 1.29 is 9.84 Å². The minimum absolute atomic E-state index is 0.0430. The number of rotatable bonds is 3. The second-order valence-electron chi connectivity index (χ2n) is 2.20. The number of aromatic nitrogens is 1. The lowest BCUT2D eigenvalue weighted by molar-refractivity contribution is 0.201. The fourth-order valence-corrected chi connectivity index (χ4v) is 0.773. The molecule has 1 heterocycles. The first kappa shape index (κ1) is 8.01. The van der Waals surface area contributed by atoms with Gasteiger partial charge >= 0.3 is 0 Å². The molecule has 0 unspecified atom stereocenters. The lowest BCUT2D eigenvalue weighted by Crippen LogP contribution is -2.01. The zero-order valence-electron chi connectivity index (χ0n) is 6.45. The Labute approximate surface area is 65.7 Å². The van der Waals surface area contributed by atoms with E-state index in [1.54, 1.807) is 12.3 Å². The fraction of sp³-hybridized carbons (Fsp3) is 0.375. The molecule has 0 amide bonds. The molecule has 1 aromatic rings. The van der Waals surface area contributed by atoms with E-state index >= 15 is 0 Å². The van der Waals surface area contributed by atoms with Crippen LogP contribution in [0, 0.1) is 6.92 Å². The smallest absolute Gasteiger partial charge is 0.122 e. The number of pyridine rings is 1. The number of ether oxygens (including phenoxy) is 1. The first-order valence-electron chi connectivity index (χ1n) is 3.49. The Morgan fingerprint density at radius 2 is 2.45 bits per heavy atom. The van der Waals surface area contributed by atoms with Gasteiger partial charge in [0.15, 0.2) is 0 Å². The van der Waals surface area contributed by atoms with E-state index in [4.69, 9.17) is 9.84 Å². The van der Waals surface area contributed by atoms with Crippen molar-refractivity contribution >= 4 is 0 Å². The summed E-state index contributed by atoms with van der Waals surface area (Å²) in [5.74, 6) is 0.756. The first-order valence-corrected chi connectivity index (χ1v) is 3.49. The molecule has 0 aliphatic carbocycles. The molecule has 0 aliphatic heterocycles. The molecule has 60 valence electrons. The molecule has 3 nitrogen and oxygen atoms in total. The zero-order valence-corrected chi connectivity index (χ0v) is 6.45. The Morgan fingerprint density at radius 1 is 1.64 bits per heavy atom. The van der Waals surface area contributed by atoms with Crippen molar-refractivity contribution in [3.63, 3.8) is 0 Å². The third-order valence-corrected chi connectivity index (χ3v) is 1.23. The largest absolute Gasteiger partial charge is 0.491 e. The number of aryl methyl sites for hydroxylation is 1. The van der Waals surface area contributed by atoms with Crippen molar-refractivity contribution in [3.8, 4) is 5.75 Å². The summed E-state index contributed by atoms with van der Waals surface area (Å²) in [5, 5.41) is 8.46. The van der Waals surface area contributed by atoms with Crippen LogP contribution in [0.3, 0.4) is 0 Å². The predicted molar refractivity (Wildman–Crippen MR) is 41.6 cm³/mol. The monoisotopic (exact) mass is 153 g/mol. The van der Waals surface area contributed by atoms with Crippen molar-refractivity contribution in [2.75, 3.05) is 13.2 Å². The van der Waals surface area contributed by atoms with Crippen LogP contribution in [0.15, 0.2) is 18.3 Å². The molecule has 1 rings (SSSR count). The second kappa shape index (κ2) is 3.93. The Hall–Kier alpha value is -1.09. The average Bonchev–Trinajstić information content (AvgIpc) is 2.01. The number of nitrogens with zero attached hydrogens (tertiary/aromatic N) is 1. The molecular weight excluding hydrogens is 142 g/mol. The Bertz CT molecular complexity index is 225. The molecular formula is C8H11NO2. The van der Waals surface area contributed by atoms with E-state index in [1.165, 1.54) is 0 Å². The second-order valence-corrected chi connectivity index (χ2v) is 2.20. The molecule has 0 aromatic carbocycles. The summed E-state index contributed by atoms with van der Waals surface area (Å²) in [6.45, 7) is 2.27. The summed E-state index contributed by atoms with van der Waals surface area (Å²) >= 11 is 0. The van der Waals surface area contributed by atoms with Crippen LogP contribution in [0.1, 0.15) is 5.69 Å². The summed E-state index contributed by atoms with van der Waals surface area (Å²) < 4.78 is 5.15. The first-order chi connectivity index (χ1) is 5.33. The maximum Gasteiger partial charge on any atom is 0.122 e. The van der Waals surface area contributed by atoms with Gasteiger partial charge < -0.3 is 9.84 Å². The minimum atomic E-state index is 0.0430. The number of hydrogen-bond acceptors (Lipinski definition) is 3. The summed E-state index contributed by atoms with van der Waals surface area (Å²) in [7, 11) is 0. The van der Waals surface area contributed by atoms with Crippen LogP contribution in [0.25, 0.3) is 0 Å². The SMILES string of the molecule is Cc1cc(OCCO)ccn1. The van der Waals surface area contributed by atoms with Gasteiger partial charge in [0.2, 0.25) is 0 Å². The van der Waals surface area contributed by atoms with Crippen molar-refractivity contribution in [1.29, 1.82) is 0 Å². The van der Waals surface area contributed by atoms with Crippen LogP contribution < -0.4 is 4.74 Å². The molecule has 11 heavy (non-hydrogen) atoms. The standard InChI is InChI=1S/C8H11NO2/c1-7-6-8(2-3-9-7)11-5-4-10/h2-3,6,10H,4-5H2,1H3. The van der Waals surface area contributed by atoms with Crippen LogP contribution in [0.5, 0.6) is 5.75 Å². The molecule has 0 radical (unpaired) electrons. The van der Waals surface area contributed by atoms with Gasteiger partial charge in [0.25, 0.3) is 0 Å². The molecule has 0 saturated carbocycles. The molecule has 0 aliphatic rings. The lowest BCUT2D eigenvalue weighted by atomic mass is 10.4. The molecule has 1 aromatic heterocycles. The van der Waals surface area contributed by atoms with Gasteiger partial charge in [-0.25, -0.2) is 0 Å². The van der Waals surface area contributed by atoms with E-state index in [1.807, 2.05) is 13.0 Å². The number of aliphatic hydroxyl groups is 1. The average molecular weight is 153 g/mol. The van der Waals surface area contributed by atoms with Gasteiger partial charge in [-0.2, -0.15) is 0 Å². The van der Waals surface area contributed by atoms with E-state index in [0.29, 0.717) is 6.61 Å². The van der Waals surface area contributed by atoms with Crippen molar-refractivity contribution in [2.45, 2.75) is 6.92 Å². The van der Waals surface area contributed by atoms with Gasteiger partial charge in [-0.15, -0.1) is 0 Å². The summed E-state index contributed by atoms with van der Waals surface area (Å²) in [4.78, 5) is 4.01. The molecule has 0 saturated heterocycles. The van der Waals surface area contributed by atoms with Crippen LogP contribution in [0.4, 0.5) is 0 Å². The topological polar surface area (TPSA) is 42.4 Å².